The third kappa shape index (κ3) is 5.55. The molecule has 21 heavy (non-hydrogen) atoms. The van der Waals surface area contributed by atoms with Gasteiger partial charge in [-0.3, -0.25) is 9.59 Å². The molecule has 4 N–H and O–H groups in total. The molecule has 0 heterocycles. The van der Waals surface area contributed by atoms with Crippen LogP contribution in [0.5, 0.6) is 0 Å². The van der Waals surface area contributed by atoms with E-state index in [0.29, 0.717) is 19.5 Å². The fourth-order valence-electron chi connectivity index (χ4n) is 2.09. The molecule has 1 fully saturated rings. The van der Waals surface area contributed by atoms with Crippen molar-refractivity contribution in [1.29, 1.82) is 0 Å². The molecule has 5 nitrogen and oxygen atoms in total. The zero-order valence-corrected chi connectivity index (χ0v) is 12.2. The zero-order chi connectivity index (χ0) is 15.1. The molecular weight excluding hydrogens is 266 g/mol. The zero-order valence-electron chi connectivity index (χ0n) is 12.2. The first-order chi connectivity index (χ1) is 10.2. The standard InChI is InChI=1S/C16H23N3O2/c17-14(9-6-12-4-2-1-3-5-12)16(21)19-11-10-18-15(20)13-7-8-13/h1-5,13-14H,6-11,17H2,(H,18,20)(H,19,21)/t14-/m0/s1. The van der Waals surface area contributed by atoms with Crippen molar-refractivity contribution in [3.63, 3.8) is 0 Å². The lowest BCUT2D eigenvalue weighted by molar-refractivity contribution is -0.124. The lowest BCUT2D eigenvalue weighted by Gasteiger charge is -2.12. The van der Waals surface area contributed by atoms with Crippen molar-refractivity contribution < 1.29 is 9.59 Å². The summed E-state index contributed by atoms with van der Waals surface area (Å²) < 4.78 is 0. The summed E-state index contributed by atoms with van der Waals surface area (Å²) in [7, 11) is 0. The summed E-state index contributed by atoms with van der Waals surface area (Å²) in [4.78, 5) is 23.2. The predicted molar refractivity (Wildman–Crippen MR) is 81.5 cm³/mol. The first-order valence-corrected chi connectivity index (χ1v) is 7.52. The maximum atomic E-state index is 11.8. The SMILES string of the molecule is N[C@@H](CCc1ccccc1)C(=O)NCCNC(=O)C1CC1. The van der Waals surface area contributed by atoms with Gasteiger partial charge in [0.1, 0.15) is 0 Å². The number of nitrogens with one attached hydrogen (secondary N) is 2. The molecule has 1 aliphatic rings. The summed E-state index contributed by atoms with van der Waals surface area (Å²) in [5.74, 6) is 0.137. The molecule has 1 aliphatic carbocycles. The van der Waals surface area contributed by atoms with E-state index < -0.39 is 6.04 Å². The minimum absolute atomic E-state index is 0.0950. The second-order valence-electron chi connectivity index (χ2n) is 5.49. The van der Waals surface area contributed by atoms with Gasteiger partial charge in [0, 0.05) is 19.0 Å². The highest BCUT2D eigenvalue weighted by molar-refractivity contribution is 5.82. The Hall–Kier alpha value is -1.88. The van der Waals surface area contributed by atoms with Crippen LogP contribution in [0.25, 0.3) is 0 Å². The van der Waals surface area contributed by atoms with E-state index in [0.717, 1.165) is 19.3 Å². The minimum Gasteiger partial charge on any atom is -0.354 e. The van der Waals surface area contributed by atoms with Crippen LogP contribution in [0.15, 0.2) is 30.3 Å². The largest absolute Gasteiger partial charge is 0.354 e. The van der Waals surface area contributed by atoms with Crippen LogP contribution in [0.2, 0.25) is 0 Å². The highest BCUT2D eigenvalue weighted by Gasteiger charge is 2.29. The number of amides is 2. The van der Waals surface area contributed by atoms with Gasteiger partial charge in [-0.25, -0.2) is 0 Å². The number of benzene rings is 1. The molecule has 114 valence electrons. The highest BCUT2D eigenvalue weighted by Crippen LogP contribution is 2.28. The van der Waals surface area contributed by atoms with Gasteiger partial charge >= 0.3 is 0 Å². The molecule has 1 aromatic rings. The van der Waals surface area contributed by atoms with Crippen LogP contribution in [-0.4, -0.2) is 30.9 Å². The Morgan fingerprint density at radius 1 is 1.14 bits per heavy atom. The van der Waals surface area contributed by atoms with E-state index in [-0.39, 0.29) is 17.7 Å². The Labute approximate surface area is 125 Å². The monoisotopic (exact) mass is 289 g/mol. The molecule has 1 aromatic carbocycles. The molecule has 0 unspecified atom stereocenters. The summed E-state index contributed by atoms with van der Waals surface area (Å²) in [6.45, 7) is 0.892. The average molecular weight is 289 g/mol. The number of nitrogens with two attached hydrogens (primary N) is 1. The van der Waals surface area contributed by atoms with Gasteiger partial charge in [0.25, 0.3) is 0 Å². The van der Waals surface area contributed by atoms with Gasteiger partial charge in [0.05, 0.1) is 6.04 Å². The molecule has 2 amide bonds. The Kier molecular flexibility index (Phi) is 5.75. The van der Waals surface area contributed by atoms with Crippen LogP contribution in [0.1, 0.15) is 24.8 Å². The Morgan fingerprint density at radius 3 is 2.48 bits per heavy atom. The second-order valence-corrected chi connectivity index (χ2v) is 5.49. The van der Waals surface area contributed by atoms with Crippen LogP contribution >= 0.6 is 0 Å². The predicted octanol–water partition coefficient (Wildman–Crippen LogP) is 0.589. The van der Waals surface area contributed by atoms with Crippen molar-refractivity contribution in [2.24, 2.45) is 11.7 Å². The number of aryl methyl sites for hydroxylation is 1. The van der Waals surface area contributed by atoms with Crippen molar-refractivity contribution in [1.82, 2.24) is 10.6 Å². The number of hydrogen-bond acceptors (Lipinski definition) is 3. The average Bonchev–Trinajstić information content (AvgIpc) is 3.34. The van der Waals surface area contributed by atoms with Crippen molar-refractivity contribution in [3.05, 3.63) is 35.9 Å². The van der Waals surface area contributed by atoms with Crippen molar-refractivity contribution in [2.45, 2.75) is 31.7 Å². The molecule has 5 heteroatoms. The van der Waals surface area contributed by atoms with E-state index >= 15 is 0 Å². The third-order valence-corrected chi connectivity index (χ3v) is 3.60. The first-order valence-electron chi connectivity index (χ1n) is 7.52. The molecule has 1 atom stereocenters. The van der Waals surface area contributed by atoms with Gasteiger partial charge in [0.2, 0.25) is 11.8 Å². The minimum atomic E-state index is -0.510. The summed E-state index contributed by atoms with van der Waals surface area (Å²) in [6.07, 6.45) is 3.38. The van der Waals surface area contributed by atoms with E-state index in [1.54, 1.807) is 0 Å². The van der Waals surface area contributed by atoms with Crippen LogP contribution in [0.3, 0.4) is 0 Å². The first kappa shape index (κ1) is 15.5. The summed E-state index contributed by atoms with van der Waals surface area (Å²) in [5, 5.41) is 5.56. The third-order valence-electron chi connectivity index (χ3n) is 3.60. The van der Waals surface area contributed by atoms with E-state index in [2.05, 4.69) is 10.6 Å². The van der Waals surface area contributed by atoms with Gasteiger partial charge < -0.3 is 16.4 Å². The molecule has 2 rings (SSSR count). The highest BCUT2D eigenvalue weighted by atomic mass is 16.2. The quantitative estimate of drug-likeness (QED) is 0.612. The van der Waals surface area contributed by atoms with Crippen LogP contribution in [-0.2, 0) is 16.0 Å². The fraction of sp³-hybridized carbons (Fsp3) is 0.500. The molecule has 0 aromatic heterocycles. The van der Waals surface area contributed by atoms with E-state index in [1.807, 2.05) is 30.3 Å². The molecule has 0 bridgehead atoms. The molecule has 0 spiro atoms. The Balaban J connectivity index is 1.57. The summed E-state index contributed by atoms with van der Waals surface area (Å²) in [5.41, 5.74) is 7.04. The molecule has 0 saturated heterocycles. The number of carbonyl (C=O) groups is 2. The molecular formula is C16H23N3O2. The smallest absolute Gasteiger partial charge is 0.236 e. The van der Waals surface area contributed by atoms with Gasteiger partial charge in [-0.05, 0) is 31.2 Å². The topological polar surface area (TPSA) is 84.2 Å². The van der Waals surface area contributed by atoms with Crippen LogP contribution in [0.4, 0.5) is 0 Å². The van der Waals surface area contributed by atoms with Crippen molar-refractivity contribution in [3.8, 4) is 0 Å². The Morgan fingerprint density at radius 2 is 1.81 bits per heavy atom. The summed E-state index contributed by atoms with van der Waals surface area (Å²) in [6, 6.07) is 9.46. The van der Waals surface area contributed by atoms with Crippen LogP contribution in [0, 0.1) is 5.92 Å². The van der Waals surface area contributed by atoms with Crippen molar-refractivity contribution in [2.75, 3.05) is 13.1 Å². The normalized spacial score (nSPS) is 15.3. The molecule has 0 aliphatic heterocycles. The Bertz CT molecular complexity index is 472. The lowest BCUT2D eigenvalue weighted by atomic mass is 10.1. The number of hydrogen-bond donors (Lipinski definition) is 3. The van der Waals surface area contributed by atoms with E-state index in [1.165, 1.54) is 5.56 Å². The maximum absolute atomic E-state index is 11.8. The van der Waals surface area contributed by atoms with Gasteiger partial charge in [0.15, 0.2) is 0 Å². The fourth-order valence-corrected chi connectivity index (χ4v) is 2.09. The van der Waals surface area contributed by atoms with E-state index in [4.69, 9.17) is 5.73 Å². The van der Waals surface area contributed by atoms with E-state index in [9.17, 15) is 9.59 Å². The summed E-state index contributed by atoms with van der Waals surface area (Å²) >= 11 is 0. The van der Waals surface area contributed by atoms with Gasteiger partial charge in [-0.15, -0.1) is 0 Å². The molecule has 1 saturated carbocycles. The van der Waals surface area contributed by atoms with Gasteiger partial charge in [-0.2, -0.15) is 0 Å². The maximum Gasteiger partial charge on any atom is 0.236 e. The van der Waals surface area contributed by atoms with Crippen LogP contribution < -0.4 is 16.4 Å². The van der Waals surface area contributed by atoms with Gasteiger partial charge in [-0.1, -0.05) is 30.3 Å². The number of rotatable bonds is 8. The van der Waals surface area contributed by atoms with Crippen molar-refractivity contribution >= 4 is 11.8 Å². The second kappa shape index (κ2) is 7.78. The molecule has 0 radical (unpaired) electrons. The number of carbonyl (C=O) groups excluding carboxylic acids is 2. The lowest BCUT2D eigenvalue weighted by Crippen LogP contribution is -2.43.